The highest BCUT2D eigenvalue weighted by atomic mass is 15.2. The molecule has 2 heteroatoms. The van der Waals surface area contributed by atoms with E-state index in [9.17, 15) is 0 Å². The van der Waals surface area contributed by atoms with Gasteiger partial charge in [0.25, 0.3) is 0 Å². The van der Waals surface area contributed by atoms with Crippen molar-refractivity contribution in [3.63, 3.8) is 0 Å². The van der Waals surface area contributed by atoms with E-state index >= 15 is 0 Å². The van der Waals surface area contributed by atoms with E-state index < -0.39 is 0 Å². The summed E-state index contributed by atoms with van der Waals surface area (Å²) < 4.78 is 0. The maximum absolute atomic E-state index is 2.68. The molecule has 0 radical (unpaired) electrons. The van der Waals surface area contributed by atoms with Gasteiger partial charge in [-0.05, 0) is 84.6 Å². The van der Waals surface area contributed by atoms with Crippen LogP contribution in [0.1, 0.15) is 102 Å². The van der Waals surface area contributed by atoms with Gasteiger partial charge in [-0.25, -0.2) is 0 Å². The third-order valence-corrected chi connectivity index (χ3v) is 7.36. The van der Waals surface area contributed by atoms with Crippen LogP contribution in [0.15, 0.2) is 11.6 Å². The van der Waals surface area contributed by atoms with Crippen LogP contribution in [-0.4, -0.2) is 47.1 Å². The highest BCUT2D eigenvalue weighted by Crippen LogP contribution is 2.34. The van der Waals surface area contributed by atoms with Crippen LogP contribution < -0.4 is 0 Å². The van der Waals surface area contributed by atoms with Crippen LogP contribution in [0.25, 0.3) is 0 Å². The van der Waals surface area contributed by atoms with Gasteiger partial charge in [0.1, 0.15) is 0 Å². The Balaban J connectivity index is 0.000000280. The molecule has 2 heterocycles. The maximum atomic E-state index is 2.68. The molecule has 0 aromatic heterocycles. The summed E-state index contributed by atoms with van der Waals surface area (Å²) in [6, 6.07) is 2.79. The quantitative estimate of drug-likeness (QED) is 0.475. The first-order valence-corrected chi connectivity index (χ1v) is 12.1. The summed E-state index contributed by atoms with van der Waals surface area (Å²) in [5.41, 5.74) is 1.94. The second kappa shape index (κ2) is 11.2. The number of nitrogens with zero attached hydrogens (tertiary/aromatic N) is 2. The largest absolute Gasteiger partial charge is 0.298 e. The molecular weight excluding hydrogens is 340 g/mol. The molecule has 0 aromatic carbocycles. The molecule has 0 bridgehead atoms. The van der Waals surface area contributed by atoms with Crippen molar-refractivity contribution < 1.29 is 0 Å². The standard InChI is InChI=1S/C13H25N.C13H27N/c1-10(2)14-9-7-8-12(11(14)3)13(4,5)6;1-6-11(4)13-8-7-9-14(10(2)3)12(13)5/h8,10-11H,7,9H2,1-6H3;10-13H,6-9H2,1-5H3/t;11?,12-,13-/m.0/s1. The second-order valence-corrected chi connectivity index (χ2v) is 11.0. The van der Waals surface area contributed by atoms with Crippen molar-refractivity contribution in [2.75, 3.05) is 13.1 Å². The molecule has 2 aliphatic heterocycles. The lowest BCUT2D eigenvalue weighted by atomic mass is 9.79. The smallest absolute Gasteiger partial charge is 0.0287 e. The Hall–Kier alpha value is -0.340. The zero-order valence-electron chi connectivity index (χ0n) is 21.2. The van der Waals surface area contributed by atoms with Crippen molar-refractivity contribution in [2.45, 2.75) is 126 Å². The summed E-state index contributed by atoms with van der Waals surface area (Å²) in [5, 5.41) is 0. The lowest BCUT2D eigenvalue weighted by Gasteiger charge is -2.44. The summed E-state index contributed by atoms with van der Waals surface area (Å²) in [5.74, 6) is 1.82. The van der Waals surface area contributed by atoms with Crippen LogP contribution in [0.4, 0.5) is 0 Å². The fourth-order valence-corrected chi connectivity index (χ4v) is 5.54. The molecule has 2 rings (SSSR count). The number of piperidine rings is 1. The fraction of sp³-hybridized carbons (Fsp3) is 0.923. The highest BCUT2D eigenvalue weighted by molar-refractivity contribution is 5.20. The zero-order valence-corrected chi connectivity index (χ0v) is 21.2. The van der Waals surface area contributed by atoms with Crippen molar-refractivity contribution in [2.24, 2.45) is 17.3 Å². The normalized spacial score (nSPS) is 28.8. The van der Waals surface area contributed by atoms with Crippen LogP contribution in [0.3, 0.4) is 0 Å². The van der Waals surface area contributed by atoms with Crippen LogP contribution in [-0.2, 0) is 0 Å². The Kier molecular flexibility index (Phi) is 10.2. The van der Waals surface area contributed by atoms with Crippen molar-refractivity contribution in [3.8, 4) is 0 Å². The van der Waals surface area contributed by atoms with Crippen LogP contribution in [0.2, 0.25) is 0 Å². The van der Waals surface area contributed by atoms with E-state index in [1.807, 2.05) is 0 Å². The first kappa shape index (κ1) is 25.7. The summed E-state index contributed by atoms with van der Waals surface area (Å²) in [6.45, 7) is 28.2. The Morgan fingerprint density at radius 1 is 0.964 bits per heavy atom. The van der Waals surface area contributed by atoms with E-state index in [0.29, 0.717) is 17.5 Å². The first-order valence-electron chi connectivity index (χ1n) is 12.1. The SMILES string of the molecule is CC(C)N1CCC=C(C(C)(C)C)C1C.CCC(C)[C@@H]1CCCN(C(C)C)[C@H]1C. The lowest BCUT2D eigenvalue weighted by Crippen LogP contribution is -2.48. The summed E-state index contributed by atoms with van der Waals surface area (Å²) in [6.07, 6.45) is 7.84. The predicted octanol–water partition coefficient (Wildman–Crippen LogP) is 7.00. The van der Waals surface area contributed by atoms with Crippen molar-refractivity contribution >= 4 is 0 Å². The van der Waals surface area contributed by atoms with Crippen LogP contribution >= 0.6 is 0 Å². The van der Waals surface area contributed by atoms with Crippen molar-refractivity contribution in [1.82, 2.24) is 9.80 Å². The molecule has 0 N–H and O–H groups in total. The summed E-state index contributed by atoms with van der Waals surface area (Å²) >= 11 is 0. The van der Waals surface area contributed by atoms with Gasteiger partial charge >= 0.3 is 0 Å². The Morgan fingerprint density at radius 2 is 1.54 bits per heavy atom. The maximum Gasteiger partial charge on any atom is 0.0287 e. The van der Waals surface area contributed by atoms with Gasteiger partial charge in [-0.3, -0.25) is 9.80 Å². The first-order chi connectivity index (χ1) is 12.9. The third-order valence-electron chi connectivity index (χ3n) is 7.36. The van der Waals surface area contributed by atoms with Gasteiger partial charge < -0.3 is 0 Å². The molecule has 166 valence electrons. The summed E-state index contributed by atoms with van der Waals surface area (Å²) in [4.78, 5) is 5.28. The molecule has 0 saturated carbocycles. The molecule has 0 amide bonds. The van der Waals surface area contributed by atoms with Gasteiger partial charge in [0.2, 0.25) is 0 Å². The molecule has 4 atom stereocenters. The van der Waals surface area contributed by atoms with Crippen LogP contribution in [0, 0.1) is 17.3 Å². The minimum atomic E-state index is 0.326. The minimum absolute atomic E-state index is 0.326. The van der Waals surface area contributed by atoms with E-state index in [2.05, 4.69) is 92.0 Å². The topological polar surface area (TPSA) is 6.48 Å². The molecule has 2 unspecified atom stereocenters. The van der Waals surface area contributed by atoms with Crippen LogP contribution in [0.5, 0.6) is 0 Å². The van der Waals surface area contributed by atoms with Gasteiger partial charge in [0, 0.05) is 30.7 Å². The average molecular weight is 393 g/mol. The molecule has 2 nitrogen and oxygen atoms in total. The van der Waals surface area contributed by atoms with E-state index in [4.69, 9.17) is 0 Å². The average Bonchev–Trinajstić information content (AvgIpc) is 2.60. The number of hydrogen-bond donors (Lipinski definition) is 0. The van der Waals surface area contributed by atoms with Gasteiger partial charge in [0.05, 0.1) is 0 Å². The van der Waals surface area contributed by atoms with E-state index in [1.165, 1.54) is 38.8 Å². The lowest BCUT2D eigenvalue weighted by molar-refractivity contribution is 0.0495. The molecule has 28 heavy (non-hydrogen) atoms. The van der Waals surface area contributed by atoms with Crippen molar-refractivity contribution in [1.29, 1.82) is 0 Å². The van der Waals surface area contributed by atoms with E-state index in [1.54, 1.807) is 5.57 Å². The Bertz CT molecular complexity index is 471. The molecule has 0 aromatic rings. The van der Waals surface area contributed by atoms with E-state index in [0.717, 1.165) is 23.9 Å². The zero-order chi connectivity index (χ0) is 21.6. The monoisotopic (exact) mass is 392 g/mol. The molecule has 2 aliphatic rings. The fourth-order valence-electron chi connectivity index (χ4n) is 5.54. The predicted molar refractivity (Wildman–Crippen MR) is 127 cm³/mol. The summed E-state index contributed by atoms with van der Waals surface area (Å²) in [7, 11) is 0. The molecule has 1 fully saturated rings. The second-order valence-electron chi connectivity index (χ2n) is 11.0. The third kappa shape index (κ3) is 6.87. The molecule has 0 spiro atoms. The number of hydrogen-bond acceptors (Lipinski definition) is 2. The molecule has 0 aliphatic carbocycles. The van der Waals surface area contributed by atoms with Gasteiger partial charge in [-0.15, -0.1) is 0 Å². The number of likely N-dealkylation sites (tertiary alicyclic amines) is 1. The van der Waals surface area contributed by atoms with E-state index in [-0.39, 0.29) is 0 Å². The van der Waals surface area contributed by atoms with Crippen molar-refractivity contribution in [3.05, 3.63) is 11.6 Å². The minimum Gasteiger partial charge on any atom is -0.298 e. The highest BCUT2D eigenvalue weighted by Gasteiger charge is 2.32. The van der Waals surface area contributed by atoms with Gasteiger partial charge in [-0.2, -0.15) is 0 Å². The van der Waals surface area contributed by atoms with Gasteiger partial charge in [0.15, 0.2) is 0 Å². The Labute approximate surface area is 178 Å². The van der Waals surface area contributed by atoms with Gasteiger partial charge in [-0.1, -0.05) is 52.7 Å². The molecular formula is C26H52N2. The number of rotatable bonds is 4. The molecule has 1 saturated heterocycles. The Morgan fingerprint density at radius 3 is 2.00 bits per heavy atom.